The molecule has 0 aliphatic rings. The molecule has 0 aliphatic heterocycles. The molecule has 0 bridgehead atoms. The number of hydrogen-bond acceptors (Lipinski definition) is 3. The Morgan fingerprint density at radius 3 is 2.00 bits per heavy atom. The fourth-order valence-electron chi connectivity index (χ4n) is 0.518. The van der Waals surface area contributed by atoms with Crippen LogP contribution in [0.2, 0.25) is 0 Å². The second-order valence-corrected chi connectivity index (χ2v) is 5.56. The Labute approximate surface area is 74.3 Å². The van der Waals surface area contributed by atoms with Gasteiger partial charge in [-0.1, -0.05) is 4.13 Å². The molecule has 0 amide bonds. The summed E-state index contributed by atoms with van der Waals surface area (Å²) in [6, 6.07) is 0. The van der Waals surface area contributed by atoms with Crippen LogP contribution in [0.3, 0.4) is 0 Å². The van der Waals surface area contributed by atoms with Gasteiger partial charge < -0.3 is 0 Å². The molecule has 6 nitrogen and oxygen atoms in total. The van der Waals surface area contributed by atoms with E-state index in [2.05, 4.69) is 4.72 Å². The van der Waals surface area contributed by atoms with Crippen LogP contribution in [-0.4, -0.2) is 22.7 Å². The van der Waals surface area contributed by atoms with Crippen LogP contribution in [-0.2, 0) is 21.5 Å². The van der Waals surface area contributed by atoms with E-state index in [0.29, 0.717) is 0 Å². The highest BCUT2D eigenvalue weighted by molar-refractivity contribution is 7.98. The molecule has 0 aromatic carbocycles. The average Bonchev–Trinajstić information content (AvgIpc) is 1.48. The molecule has 0 spiro atoms. The monoisotopic (exact) mass is 216 g/mol. The van der Waals surface area contributed by atoms with Crippen molar-refractivity contribution in [2.45, 2.75) is 26.3 Å². The molecule has 1 unspecified atom stereocenters. The van der Waals surface area contributed by atoms with Crippen LogP contribution in [0.1, 0.15) is 20.8 Å². The van der Waals surface area contributed by atoms with Crippen molar-refractivity contribution in [3.05, 3.63) is 0 Å². The molecule has 0 aliphatic carbocycles. The van der Waals surface area contributed by atoms with Crippen LogP contribution in [0, 0.1) is 0 Å². The molecule has 1 atom stereocenters. The summed E-state index contributed by atoms with van der Waals surface area (Å²) in [6.45, 7) is 4.85. The molecule has 0 rings (SSSR count). The van der Waals surface area contributed by atoms with E-state index in [1.54, 1.807) is 20.8 Å². The smallest absolute Gasteiger partial charge is 0.290 e. The van der Waals surface area contributed by atoms with E-state index in [4.69, 9.17) is 4.55 Å². The van der Waals surface area contributed by atoms with Crippen molar-refractivity contribution in [2.24, 2.45) is 0 Å². The van der Waals surface area contributed by atoms with Gasteiger partial charge in [-0.3, -0.25) is 4.55 Å². The zero-order chi connectivity index (χ0) is 9.99. The minimum atomic E-state index is -3.89. The quantitative estimate of drug-likeness (QED) is 0.546. The van der Waals surface area contributed by atoms with Crippen molar-refractivity contribution in [1.29, 1.82) is 0 Å². The number of nitrogens with one attached hydrogen (secondary N) is 2. The molecule has 0 aromatic rings. The van der Waals surface area contributed by atoms with Crippen LogP contribution in [0.25, 0.3) is 0 Å². The zero-order valence-electron chi connectivity index (χ0n) is 6.99. The van der Waals surface area contributed by atoms with Gasteiger partial charge in [-0.15, -0.1) is 0 Å². The third-order valence-corrected chi connectivity index (χ3v) is 2.95. The van der Waals surface area contributed by atoms with Gasteiger partial charge in [0.2, 0.25) is 11.3 Å². The molecular weight excluding hydrogens is 204 g/mol. The second kappa shape index (κ2) is 3.79. The Balaban J connectivity index is 4.36. The first-order chi connectivity index (χ1) is 5.12. The fourth-order valence-corrected chi connectivity index (χ4v) is 2.24. The van der Waals surface area contributed by atoms with Crippen LogP contribution < -0.4 is 8.85 Å². The Bertz CT molecular complexity index is 265. The van der Waals surface area contributed by atoms with Crippen molar-refractivity contribution in [3.8, 4) is 0 Å². The lowest BCUT2D eigenvalue weighted by atomic mass is 10.1. The highest BCUT2D eigenvalue weighted by atomic mass is 32.3. The lowest BCUT2D eigenvalue weighted by molar-refractivity contribution is 0.487. The molecule has 0 saturated carbocycles. The maximum atomic E-state index is 10.9. The molecule has 0 aromatic heterocycles. The van der Waals surface area contributed by atoms with Gasteiger partial charge in [0.15, 0.2) is 0 Å². The summed E-state index contributed by atoms with van der Waals surface area (Å²) in [5, 5.41) is 0. The van der Waals surface area contributed by atoms with Crippen molar-refractivity contribution < 1.29 is 17.2 Å². The Kier molecular flexibility index (Phi) is 3.79. The van der Waals surface area contributed by atoms with E-state index >= 15 is 0 Å². The molecule has 0 heterocycles. The van der Waals surface area contributed by atoms with Gasteiger partial charge in [-0.25, -0.2) is 4.21 Å². The summed E-state index contributed by atoms with van der Waals surface area (Å²) in [5.74, 6) is 0. The van der Waals surface area contributed by atoms with E-state index < -0.39 is 27.0 Å². The normalized spacial score (nSPS) is 16.0. The largest absolute Gasteiger partial charge is 0.293 e. The molecular formula is C4H12N2O4S2. The molecule has 3 N–H and O–H groups in total. The van der Waals surface area contributed by atoms with E-state index in [1.165, 1.54) is 4.13 Å². The van der Waals surface area contributed by atoms with Crippen molar-refractivity contribution in [3.63, 3.8) is 0 Å². The standard InChI is InChI=1S/C4H12N2O4S2/c1-4(2,3)5-12(9,10)6-11(7)8/h5-6H,1-3H3,(H,7,8). The maximum absolute atomic E-state index is 10.9. The molecule has 0 radical (unpaired) electrons. The first kappa shape index (κ1) is 12.0. The summed E-state index contributed by atoms with van der Waals surface area (Å²) in [4.78, 5) is 0. The van der Waals surface area contributed by atoms with Gasteiger partial charge in [0.25, 0.3) is 10.2 Å². The zero-order valence-corrected chi connectivity index (χ0v) is 8.62. The van der Waals surface area contributed by atoms with Crippen LogP contribution in [0.5, 0.6) is 0 Å². The highest BCUT2D eigenvalue weighted by Gasteiger charge is 2.20. The van der Waals surface area contributed by atoms with Crippen molar-refractivity contribution in [2.75, 3.05) is 0 Å². The third kappa shape index (κ3) is 6.68. The van der Waals surface area contributed by atoms with E-state index in [-0.39, 0.29) is 0 Å². The van der Waals surface area contributed by atoms with Gasteiger partial charge in [0.05, 0.1) is 0 Å². The minimum Gasteiger partial charge on any atom is -0.293 e. The minimum absolute atomic E-state index is 0.675. The van der Waals surface area contributed by atoms with E-state index in [1.807, 2.05) is 0 Å². The number of rotatable bonds is 3. The molecule has 12 heavy (non-hydrogen) atoms. The lowest BCUT2D eigenvalue weighted by Gasteiger charge is -2.19. The first-order valence-electron chi connectivity index (χ1n) is 3.04. The third-order valence-electron chi connectivity index (χ3n) is 0.622. The topological polar surface area (TPSA) is 95.5 Å². The predicted octanol–water partition coefficient (Wildman–Crippen LogP) is -0.654. The summed E-state index contributed by atoms with van der Waals surface area (Å²) in [5.41, 5.74) is -0.675. The van der Waals surface area contributed by atoms with E-state index in [0.717, 1.165) is 0 Å². The maximum Gasteiger partial charge on any atom is 0.290 e. The second-order valence-electron chi connectivity index (χ2n) is 3.19. The predicted molar refractivity (Wildman–Crippen MR) is 45.7 cm³/mol. The Morgan fingerprint density at radius 2 is 1.75 bits per heavy atom. The van der Waals surface area contributed by atoms with E-state index in [9.17, 15) is 12.6 Å². The molecule has 8 heteroatoms. The van der Waals surface area contributed by atoms with Gasteiger partial charge >= 0.3 is 0 Å². The van der Waals surface area contributed by atoms with Crippen LogP contribution in [0.15, 0.2) is 0 Å². The average molecular weight is 216 g/mol. The van der Waals surface area contributed by atoms with Crippen molar-refractivity contribution >= 4 is 21.5 Å². The molecule has 0 saturated heterocycles. The van der Waals surface area contributed by atoms with Crippen molar-refractivity contribution in [1.82, 2.24) is 8.85 Å². The van der Waals surface area contributed by atoms with Gasteiger partial charge in [-0.2, -0.15) is 13.1 Å². The number of hydrogen-bond donors (Lipinski definition) is 3. The van der Waals surface area contributed by atoms with Gasteiger partial charge in [0, 0.05) is 5.54 Å². The highest BCUT2D eigenvalue weighted by Crippen LogP contribution is 2.00. The summed E-state index contributed by atoms with van der Waals surface area (Å²) in [6.07, 6.45) is 0. The molecule has 74 valence electrons. The van der Waals surface area contributed by atoms with Gasteiger partial charge in [0.1, 0.15) is 0 Å². The van der Waals surface area contributed by atoms with Crippen LogP contribution in [0.4, 0.5) is 0 Å². The fraction of sp³-hybridized carbons (Fsp3) is 1.00. The summed E-state index contributed by atoms with van der Waals surface area (Å²) < 4.78 is 43.7. The molecule has 0 fully saturated rings. The lowest BCUT2D eigenvalue weighted by Crippen LogP contribution is -2.47. The Morgan fingerprint density at radius 1 is 1.33 bits per heavy atom. The first-order valence-corrected chi connectivity index (χ1v) is 5.63. The van der Waals surface area contributed by atoms with Gasteiger partial charge in [-0.05, 0) is 20.8 Å². The SMILES string of the molecule is CC(C)(C)NS(=O)(=O)NS(=O)O. The summed E-state index contributed by atoms with van der Waals surface area (Å²) in [7, 11) is -3.89. The Hall–Kier alpha value is -0.0200. The van der Waals surface area contributed by atoms with Crippen LogP contribution >= 0.6 is 0 Å². The summed E-state index contributed by atoms with van der Waals surface area (Å²) >= 11 is -2.57.